The number of para-hydroxylation sites is 1. The molecule has 0 amide bonds. The molecule has 1 N–H and O–H groups in total. The van der Waals surface area contributed by atoms with E-state index in [9.17, 15) is 14.5 Å². The van der Waals surface area contributed by atoms with Crippen molar-refractivity contribution in [3.8, 4) is 5.75 Å². The highest BCUT2D eigenvalue weighted by Crippen LogP contribution is 2.30. The molecule has 7 heteroatoms. The molecule has 0 heterocycles. The minimum Gasteiger partial charge on any atom is -0.492 e. The quantitative estimate of drug-likeness (QED) is 0.499. The normalized spacial score (nSPS) is 10.2. The van der Waals surface area contributed by atoms with Crippen molar-refractivity contribution < 1.29 is 14.1 Å². The van der Waals surface area contributed by atoms with Crippen LogP contribution in [0.5, 0.6) is 5.75 Å². The molecule has 21 heavy (non-hydrogen) atoms. The zero-order valence-corrected chi connectivity index (χ0v) is 11.6. The van der Waals surface area contributed by atoms with Crippen LogP contribution in [0.2, 0.25) is 5.02 Å². The number of anilines is 1. The molecule has 0 saturated heterocycles. The average molecular weight is 311 g/mol. The Hall–Kier alpha value is -2.34. The number of nitrogens with zero attached hydrogens (tertiary/aromatic N) is 1. The van der Waals surface area contributed by atoms with Crippen molar-refractivity contribution in [1.29, 1.82) is 0 Å². The zero-order chi connectivity index (χ0) is 15.2. The van der Waals surface area contributed by atoms with Crippen LogP contribution in [0.4, 0.5) is 15.8 Å². The van der Waals surface area contributed by atoms with Crippen molar-refractivity contribution in [3.05, 3.63) is 63.4 Å². The summed E-state index contributed by atoms with van der Waals surface area (Å²) in [4.78, 5) is 10.3. The smallest absolute Gasteiger partial charge is 0.294 e. The number of hydrogen-bond acceptors (Lipinski definition) is 4. The second kappa shape index (κ2) is 6.90. The van der Waals surface area contributed by atoms with Crippen molar-refractivity contribution in [3.63, 3.8) is 0 Å². The minimum absolute atomic E-state index is 0.0681. The van der Waals surface area contributed by atoms with Crippen LogP contribution in [0.1, 0.15) is 0 Å². The number of halogens is 2. The first-order valence-electron chi connectivity index (χ1n) is 6.13. The standard InChI is InChI=1S/C14H12ClFN2O3/c15-11-8-14(18(19)20)13(9-12(11)16)17-6-7-21-10-4-2-1-3-5-10/h1-5,8-9,17H,6-7H2. The van der Waals surface area contributed by atoms with Crippen LogP contribution in [0.3, 0.4) is 0 Å². The molecule has 2 aromatic rings. The van der Waals surface area contributed by atoms with Gasteiger partial charge in [0.2, 0.25) is 0 Å². The lowest BCUT2D eigenvalue weighted by atomic mass is 10.2. The number of nitrogens with one attached hydrogen (secondary N) is 1. The molecule has 2 rings (SSSR count). The first-order valence-corrected chi connectivity index (χ1v) is 6.51. The monoisotopic (exact) mass is 310 g/mol. The highest BCUT2D eigenvalue weighted by molar-refractivity contribution is 6.31. The van der Waals surface area contributed by atoms with E-state index in [1.165, 1.54) is 0 Å². The van der Waals surface area contributed by atoms with Crippen molar-refractivity contribution in [2.75, 3.05) is 18.5 Å². The molecule has 0 aromatic heterocycles. The molecule has 0 saturated carbocycles. The molecule has 0 aliphatic rings. The second-order valence-corrected chi connectivity index (χ2v) is 4.54. The molecular formula is C14H12ClFN2O3. The number of benzene rings is 2. The van der Waals surface area contributed by atoms with E-state index in [-0.39, 0.29) is 29.5 Å². The van der Waals surface area contributed by atoms with Gasteiger partial charge >= 0.3 is 0 Å². The molecule has 2 aromatic carbocycles. The molecule has 0 aliphatic carbocycles. The van der Waals surface area contributed by atoms with Crippen molar-refractivity contribution in [1.82, 2.24) is 0 Å². The van der Waals surface area contributed by atoms with E-state index in [1.54, 1.807) is 12.1 Å². The minimum atomic E-state index is -0.714. The lowest BCUT2D eigenvalue weighted by Crippen LogP contribution is -2.12. The third-order valence-corrected chi connectivity index (χ3v) is 2.95. The Kier molecular flexibility index (Phi) is 4.94. The highest BCUT2D eigenvalue weighted by atomic mass is 35.5. The van der Waals surface area contributed by atoms with Gasteiger partial charge in [-0.05, 0) is 12.1 Å². The van der Waals surface area contributed by atoms with Gasteiger partial charge in [-0.25, -0.2) is 4.39 Å². The molecular weight excluding hydrogens is 299 g/mol. The number of nitro groups is 1. The Morgan fingerprint density at radius 1 is 1.29 bits per heavy atom. The van der Waals surface area contributed by atoms with Crippen LogP contribution in [0.15, 0.2) is 42.5 Å². The maximum absolute atomic E-state index is 13.4. The summed E-state index contributed by atoms with van der Waals surface area (Å²) < 4.78 is 18.8. The summed E-state index contributed by atoms with van der Waals surface area (Å²) in [7, 11) is 0. The zero-order valence-electron chi connectivity index (χ0n) is 10.9. The molecule has 0 aliphatic heterocycles. The topological polar surface area (TPSA) is 64.4 Å². The van der Waals surface area contributed by atoms with E-state index in [0.29, 0.717) is 5.75 Å². The Labute approximate surface area is 125 Å². The van der Waals surface area contributed by atoms with Gasteiger partial charge < -0.3 is 10.1 Å². The van der Waals surface area contributed by atoms with Crippen LogP contribution in [-0.2, 0) is 0 Å². The van der Waals surface area contributed by atoms with Crippen LogP contribution in [0.25, 0.3) is 0 Å². The largest absolute Gasteiger partial charge is 0.492 e. The Morgan fingerprint density at radius 3 is 2.67 bits per heavy atom. The molecule has 0 atom stereocenters. The van der Waals surface area contributed by atoms with Gasteiger partial charge in [0, 0.05) is 18.7 Å². The fraction of sp³-hybridized carbons (Fsp3) is 0.143. The summed E-state index contributed by atoms with van der Waals surface area (Å²) in [6.45, 7) is 0.572. The van der Waals surface area contributed by atoms with E-state index in [1.807, 2.05) is 18.2 Å². The number of ether oxygens (including phenoxy) is 1. The number of hydrogen-bond donors (Lipinski definition) is 1. The van der Waals surface area contributed by atoms with Gasteiger partial charge in [-0.2, -0.15) is 0 Å². The van der Waals surface area contributed by atoms with Gasteiger partial charge in [0.15, 0.2) is 0 Å². The van der Waals surface area contributed by atoms with E-state index in [4.69, 9.17) is 16.3 Å². The fourth-order valence-electron chi connectivity index (χ4n) is 1.70. The Balaban J connectivity index is 1.96. The first kappa shape index (κ1) is 15.1. The fourth-order valence-corrected chi connectivity index (χ4v) is 1.86. The highest BCUT2D eigenvalue weighted by Gasteiger charge is 2.17. The predicted octanol–water partition coefficient (Wildman–Crippen LogP) is 3.88. The molecule has 0 radical (unpaired) electrons. The van der Waals surface area contributed by atoms with Gasteiger partial charge in [-0.15, -0.1) is 0 Å². The van der Waals surface area contributed by atoms with Gasteiger partial charge in [-0.1, -0.05) is 29.8 Å². The van der Waals surface area contributed by atoms with Gasteiger partial charge in [0.25, 0.3) is 5.69 Å². The van der Waals surface area contributed by atoms with Crippen LogP contribution in [0, 0.1) is 15.9 Å². The SMILES string of the molecule is O=[N+]([O-])c1cc(Cl)c(F)cc1NCCOc1ccccc1. The lowest BCUT2D eigenvalue weighted by Gasteiger charge is -2.09. The molecule has 110 valence electrons. The van der Waals surface area contributed by atoms with E-state index >= 15 is 0 Å². The van der Waals surface area contributed by atoms with Crippen molar-refractivity contribution >= 4 is 23.0 Å². The van der Waals surface area contributed by atoms with Crippen LogP contribution < -0.4 is 10.1 Å². The Bertz CT molecular complexity index is 638. The molecule has 0 fully saturated rings. The van der Waals surface area contributed by atoms with Crippen molar-refractivity contribution in [2.24, 2.45) is 0 Å². The van der Waals surface area contributed by atoms with Crippen molar-refractivity contribution in [2.45, 2.75) is 0 Å². The number of rotatable bonds is 6. The van der Waals surface area contributed by atoms with Gasteiger partial charge in [0.1, 0.15) is 23.9 Å². The maximum atomic E-state index is 13.4. The number of nitro benzene ring substituents is 1. The van der Waals surface area contributed by atoms with Crippen LogP contribution in [-0.4, -0.2) is 18.1 Å². The van der Waals surface area contributed by atoms with E-state index < -0.39 is 10.7 Å². The first-order chi connectivity index (χ1) is 10.1. The molecule has 0 bridgehead atoms. The average Bonchev–Trinajstić information content (AvgIpc) is 2.47. The predicted molar refractivity (Wildman–Crippen MR) is 78.5 cm³/mol. The third kappa shape index (κ3) is 4.06. The molecule has 5 nitrogen and oxygen atoms in total. The lowest BCUT2D eigenvalue weighted by molar-refractivity contribution is -0.384. The van der Waals surface area contributed by atoms with E-state index in [0.717, 1.165) is 12.1 Å². The summed E-state index contributed by atoms with van der Waals surface area (Å²) in [5.41, 5.74) is -0.209. The Morgan fingerprint density at radius 2 is 2.00 bits per heavy atom. The summed E-state index contributed by atoms with van der Waals surface area (Å²) in [6, 6.07) is 11.1. The third-order valence-electron chi connectivity index (χ3n) is 2.66. The second-order valence-electron chi connectivity index (χ2n) is 4.13. The van der Waals surface area contributed by atoms with Crippen LogP contribution >= 0.6 is 11.6 Å². The van der Waals surface area contributed by atoms with Gasteiger partial charge in [-0.3, -0.25) is 10.1 Å². The van der Waals surface area contributed by atoms with E-state index in [2.05, 4.69) is 5.32 Å². The molecule has 0 spiro atoms. The maximum Gasteiger partial charge on any atom is 0.294 e. The molecule has 0 unspecified atom stereocenters. The summed E-state index contributed by atoms with van der Waals surface area (Å²) >= 11 is 5.54. The van der Waals surface area contributed by atoms with Gasteiger partial charge in [0.05, 0.1) is 9.95 Å². The summed E-state index contributed by atoms with van der Waals surface area (Å²) in [5.74, 6) is -0.0233. The summed E-state index contributed by atoms with van der Waals surface area (Å²) in [5, 5.41) is 13.4. The summed E-state index contributed by atoms with van der Waals surface area (Å²) in [6.07, 6.45) is 0.